The third-order valence-corrected chi connectivity index (χ3v) is 8.09. The van der Waals surface area contributed by atoms with Crippen molar-refractivity contribution in [2.75, 3.05) is 31.6 Å². The smallest absolute Gasteiger partial charge is 0.227 e. The van der Waals surface area contributed by atoms with Crippen molar-refractivity contribution in [2.24, 2.45) is 5.41 Å². The minimum absolute atomic E-state index is 0.0685. The lowest BCUT2D eigenvalue weighted by Gasteiger charge is -2.56. The molecule has 0 radical (unpaired) electrons. The highest BCUT2D eigenvalue weighted by Crippen LogP contribution is 2.50. The first-order valence-corrected chi connectivity index (χ1v) is 12.8. The van der Waals surface area contributed by atoms with Crippen LogP contribution in [-0.2, 0) is 10.4 Å². The van der Waals surface area contributed by atoms with Crippen molar-refractivity contribution in [1.82, 2.24) is 14.9 Å². The van der Waals surface area contributed by atoms with Gasteiger partial charge in [0.15, 0.2) is 0 Å². The number of likely N-dealkylation sites (tertiary alicyclic amines) is 1. The van der Waals surface area contributed by atoms with Crippen molar-refractivity contribution in [1.29, 1.82) is 0 Å². The quantitative estimate of drug-likeness (QED) is 0.553. The second-order valence-electron chi connectivity index (χ2n) is 11.3. The molecule has 2 aliphatic heterocycles. The SMILES string of the molecule is Cc1ccc(C2CC(=O)N(c3cncc([C@@](O)(c4ccc(C(C)C)cc4)C4(C)CN(C)C4)c3)C2)cn1. The average molecular weight is 485 g/mol. The van der Waals surface area contributed by atoms with Gasteiger partial charge < -0.3 is 14.9 Å². The van der Waals surface area contributed by atoms with Gasteiger partial charge in [-0.2, -0.15) is 0 Å². The number of aryl methyl sites for hydroxylation is 1. The molecule has 6 nitrogen and oxygen atoms in total. The number of aliphatic hydroxyl groups is 1. The average Bonchev–Trinajstić information content (AvgIpc) is 3.24. The maximum absolute atomic E-state index is 13.1. The molecule has 0 saturated carbocycles. The molecule has 2 saturated heterocycles. The zero-order valence-electron chi connectivity index (χ0n) is 21.9. The molecular weight excluding hydrogens is 448 g/mol. The number of pyridine rings is 2. The van der Waals surface area contributed by atoms with E-state index in [9.17, 15) is 9.90 Å². The molecule has 2 atom stereocenters. The van der Waals surface area contributed by atoms with Gasteiger partial charge in [-0.25, -0.2) is 0 Å². The monoisotopic (exact) mass is 484 g/mol. The summed E-state index contributed by atoms with van der Waals surface area (Å²) in [4.78, 5) is 26.0. The van der Waals surface area contributed by atoms with Gasteiger partial charge in [0.1, 0.15) is 5.60 Å². The van der Waals surface area contributed by atoms with Crippen LogP contribution >= 0.6 is 0 Å². The van der Waals surface area contributed by atoms with Crippen LogP contribution in [0.1, 0.15) is 67.0 Å². The molecule has 2 fully saturated rings. The predicted molar refractivity (Wildman–Crippen MR) is 142 cm³/mol. The van der Waals surface area contributed by atoms with E-state index in [0.29, 0.717) is 18.9 Å². The summed E-state index contributed by atoms with van der Waals surface area (Å²) in [5.41, 5.74) is 3.98. The zero-order chi connectivity index (χ0) is 25.7. The van der Waals surface area contributed by atoms with Crippen LogP contribution in [0, 0.1) is 12.3 Å². The molecule has 5 rings (SSSR count). The van der Waals surface area contributed by atoms with Crippen molar-refractivity contribution in [2.45, 2.75) is 51.6 Å². The number of benzene rings is 1. The number of aromatic nitrogens is 2. The van der Waals surface area contributed by atoms with Crippen molar-refractivity contribution in [3.05, 3.63) is 89.0 Å². The highest BCUT2D eigenvalue weighted by Gasteiger charge is 2.55. The highest BCUT2D eigenvalue weighted by atomic mass is 16.3. The molecule has 4 heterocycles. The molecule has 0 aliphatic carbocycles. The number of hydrogen-bond acceptors (Lipinski definition) is 5. The van der Waals surface area contributed by atoms with Gasteiger partial charge in [-0.3, -0.25) is 14.8 Å². The summed E-state index contributed by atoms with van der Waals surface area (Å²) in [6, 6.07) is 14.3. The van der Waals surface area contributed by atoms with Gasteiger partial charge in [0.2, 0.25) is 5.91 Å². The van der Waals surface area contributed by atoms with Crippen LogP contribution in [0.2, 0.25) is 0 Å². The standard InChI is InChI=1S/C30H36N4O2/c1-20(2)22-8-10-25(11-9-22)30(36,29(4)18-33(5)19-29)26-13-27(16-31-15-26)34-17-24(12-28(34)35)23-7-6-21(3)32-14-23/h6-11,13-16,20,24,36H,12,17-19H2,1-5H3/t24?,30-/m0/s1. The maximum Gasteiger partial charge on any atom is 0.227 e. The minimum atomic E-state index is -1.24. The first kappa shape index (κ1) is 24.6. The van der Waals surface area contributed by atoms with Crippen LogP contribution in [0.15, 0.2) is 61.1 Å². The van der Waals surface area contributed by atoms with Crippen LogP contribution in [0.5, 0.6) is 0 Å². The number of anilines is 1. The Labute approximate surface area is 214 Å². The fourth-order valence-corrected chi connectivity index (χ4v) is 6.02. The summed E-state index contributed by atoms with van der Waals surface area (Å²) in [5.74, 6) is 0.578. The number of hydrogen-bond donors (Lipinski definition) is 1. The highest BCUT2D eigenvalue weighted by molar-refractivity contribution is 5.96. The molecule has 0 bridgehead atoms. The largest absolute Gasteiger partial charge is 0.380 e. The second-order valence-corrected chi connectivity index (χ2v) is 11.3. The lowest BCUT2D eigenvalue weighted by molar-refractivity contribution is -0.127. The summed E-state index contributed by atoms with van der Waals surface area (Å²) in [6.45, 7) is 10.6. The Bertz CT molecular complexity index is 1250. The Kier molecular flexibility index (Phi) is 6.21. The van der Waals surface area contributed by atoms with Crippen LogP contribution in [0.25, 0.3) is 0 Å². The van der Waals surface area contributed by atoms with Crippen molar-refractivity contribution in [3.8, 4) is 0 Å². The van der Waals surface area contributed by atoms with Crippen LogP contribution < -0.4 is 4.90 Å². The molecule has 188 valence electrons. The van der Waals surface area contributed by atoms with Gasteiger partial charge in [0.25, 0.3) is 0 Å². The molecule has 1 unspecified atom stereocenters. The van der Waals surface area contributed by atoms with E-state index in [-0.39, 0.29) is 17.2 Å². The fraction of sp³-hybridized carbons (Fsp3) is 0.433. The molecule has 1 N–H and O–H groups in total. The van der Waals surface area contributed by atoms with E-state index in [1.54, 1.807) is 17.3 Å². The molecular formula is C30H36N4O2. The van der Waals surface area contributed by atoms with Gasteiger partial charge in [-0.15, -0.1) is 0 Å². The number of rotatable bonds is 6. The Morgan fingerprint density at radius 3 is 2.39 bits per heavy atom. The van der Waals surface area contributed by atoms with E-state index in [1.165, 1.54) is 5.56 Å². The Hall–Kier alpha value is -3.09. The number of amides is 1. The molecule has 36 heavy (non-hydrogen) atoms. The van der Waals surface area contributed by atoms with Gasteiger partial charge in [-0.1, -0.05) is 51.1 Å². The van der Waals surface area contributed by atoms with E-state index in [1.807, 2.05) is 37.4 Å². The van der Waals surface area contributed by atoms with Crippen molar-refractivity contribution in [3.63, 3.8) is 0 Å². The Morgan fingerprint density at radius 1 is 1.06 bits per heavy atom. The van der Waals surface area contributed by atoms with E-state index in [2.05, 4.69) is 60.9 Å². The van der Waals surface area contributed by atoms with Crippen LogP contribution in [-0.4, -0.2) is 52.6 Å². The lowest BCUT2D eigenvalue weighted by Crippen LogP contribution is -2.63. The first-order chi connectivity index (χ1) is 17.1. The van der Waals surface area contributed by atoms with E-state index in [4.69, 9.17) is 0 Å². The molecule has 6 heteroatoms. The molecule has 2 aliphatic rings. The summed E-state index contributed by atoms with van der Waals surface area (Å²) in [7, 11) is 2.07. The molecule has 1 aromatic carbocycles. The summed E-state index contributed by atoms with van der Waals surface area (Å²) in [6.07, 6.45) is 5.80. The molecule has 2 aromatic heterocycles. The normalized spacial score (nSPS) is 21.5. The van der Waals surface area contributed by atoms with Crippen LogP contribution in [0.3, 0.4) is 0 Å². The van der Waals surface area contributed by atoms with E-state index >= 15 is 0 Å². The summed E-state index contributed by atoms with van der Waals surface area (Å²) >= 11 is 0. The molecule has 3 aromatic rings. The molecule has 1 amide bonds. The summed E-state index contributed by atoms with van der Waals surface area (Å²) < 4.78 is 0. The third kappa shape index (κ3) is 4.12. The predicted octanol–water partition coefficient (Wildman–Crippen LogP) is 4.62. The fourth-order valence-electron chi connectivity index (χ4n) is 6.02. The maximum atomic E-state index is 13.1. The topological polar surface area (TPSA) is 69.6 Å². The zero-order valence-corrected chi connectivity index (χ0v) is 21.9. The van der Waals surface area contributed by atoms with Crippen molar-refractivity contribution >= 4 is 11.6 Å². The minimum Gasteiger partial charge on any atom is -0.380 e. The van der Waals surface area contributed by atoms with Gasteiger partial charge in [0, 0.05) is 61.0 Å². The van der Waals surface area contributed by atoms with Gasteiger partial charge in [0.05, 0.1) is 11.9 Å². The first-order valence-electron chi connectivity index (χ1n) is 12.8. The number of carbonyl (C=O) groups is 1. The van der Waals surface area contributed by atoms with Gasteiger partial charge >= 0.3 is 0 Å². The summed E-state index contributed by atoms with van der Waals surface area (Å²) in [5, 5.41) is 12.5. The van der Waals surface area contributed by atoms with Crippen LogP contribution in [0.4, 0.5) is 5.69 Å². The number of nitrogens with zero attached hydrogens (tertiary/aromatic N) is 4. The van der Waals surface area contributed by atoms with E-state index in [0.717, 1.165) is 41.2 Å². The third-order valence-electron chi connectivity index (χ3n) is 8.09. The lowest BCUT2D eigenvalue weighted by atomic mass is 9.62. The Balaban J connectivity index is 1.51. The van der Waals surface area contributed by atoms with Gasteiger partial charge in [-0.05, 0) is 48.7 Å². The Morgan fingerprint density at radius 2 is 1.78 bits per heavy atom. The van der Waals surface area contributed by atoms with E-state index < -0.39 is 5.60 Å². The number of carbonyl (C=O) groups excluding carboxylic acids is 1. The van der Waals surface area contributed by atoms with Crippen molar-refractivity contribution < 1.29 is 9.90 Å². The second kappa shape index (κ2) is 9.09. The molecule has 0 spiro atoms.